The predicted molar refractivity (Wildman–Crippen MR) is 57.4 cm³/mol. The van der Waals surface area contributed by atoms with Crippen molar-refractivity contribution in [2.45, 2.75) is 51.8 Å². The number of hydrogen-bond donors (Lipinski definition) is 1. The fourth-order valence-electron chi connectivity index (χ4n) is 2.88. The number of carbonyl (C=O) groups excluding carboxylic acids is 1. The summed E-state index contributed by atoms with van der Waals surface area (Å²) in [5.74, 6) is -2.77. The summed E-state index contributed by atoms with van der Waals surface area (Å²) in [5, 5.41) is 10.2. The maximum Gasteiger partial charge on any atom is 0.453 e. The van der Waals surface area contributed by atoms with E-state index in [0.717, 1.165) is 6.42 Å². The topological polar surface area (TPSA) is 37.3 Å². The van der Waals surface area contributed by atoms with E-state index in [1.165, 1.54) is 0 Å². The van der Waals surface area contributed by atoms with E-state index in [-0.39, 0.29) is 18.3 Å². The number of alkyl halides is 3. The zero-order chi connectivity index (χ0) is 13.4. The highest BCUT2D eigenvalue weighted by Gasteiger charge is 2.57. The third kappa shape index (κ3) is 2.81. The lowest BCUT2D eigenvalue weighted by molar-refractivity contribution is -0.202. The van der Waals surface area contributed by atoms with Crippen molar-refractivity contribution in [2.24, 2.45) is 17.8 Å². The van der Waals surface area contributed by atoms with Gasteiger partial charge in [-0.25, -0.2) is 0 Å². The van der Waals surface area contributed by atoms with Gasteiger partial charge in [0.25, 0.3) is 5.78 Å². The molecule has 5 heteroatoms. The van der Waals surface area contributed by atoms with Crippen LogP contribution in [0.5, 0.6) is 0 Å². The zero-order valence-electron chi connectivity index (χ0n) is 10.3. The van der Waals surface area contributed by atoms with Gasteiger partial charge in [0.1, 0.15) is 5.60 Å². The van der Waals surface area contributed by atoms with Crippen LogP contribution in [0, 0.1) is 17.8 Å². The highest BCUT2D eigenvalue weighted by Crippen LogP contribution is 2.44. The van der Waals surface area contributed by atoms with Crippen LogP contribution < -0.4 is 0 Å². The van der Waals surface area contributed by atoms with Gasteiger partial charge in [0.05, 0.1) is 0 Å². The summed E-state index contributed by atoms with van der Waals surface area (Å²) in [5.41, 5.74) is -2.23. The predicted octanol–water partition coefficient (Wildman–Crippen LogP) is 2.94. The van der Waals surface area contributed by atoms with Gasteiger partial charge in [0, 0.05) is 0 Å². The van der Waals surface area contributed by atoms with Gasteiger partial charge in [-0.05, 0) is 30.6 Å². The van der Waals surface area contributed by atoms with E-state index in [2.05, 4.69) is 0 Å². The van der Waals surface area contributed by atoms with E-state index >= 15 is 0 Å². The van der Waals surface area contributed by atoms with Crippen LogP contribution in [0.2, 0.25) is 0 Å². The minimum atomic E-state index is -4.96. The SMILES string of the molecule is CC1CCC(C(C)C)C(O)(C(=O)C(F)(F)F)C1. The van der Waals surface area contributed by atoms with Crippen LogP contribution in [-0.4, -0.2) is 22.7 Å². The van der Waals surface area contributed by atoms with Crippen molar-refractivity contribution in [1.82, 2.24) is 0 Å². The molecule has 17 heavy (non-hydrogen) atoms. The largest absolute Gasteiger partial charge is 0.453 e. The monoisotopic (exact) mass is 252 g/mol. The summed E-state index contributed by atoms with van der Waals surface area (Å²) >= 11 is 0. The van der Waals surface area contributed by atoms with Gasteiger partial charge in [0.15, 0.2) is 0 Å². The molecule has 1 aliphatic rings. The lowest BCUT2D eigenvalue weighted by Gasteiger charge is -2.43. The second-order valence-electron chi connectivity index (χ2n) is 5.49. The molecule has 1 N–H and O–H groups in total. The number of carbonyl (C=O) groups is 1. The first-order valence-corrected chi connectivity index (χ1v) is 5.93. The van der Waals surface area contributed by atoms with Crippen molar-refractivity contribution in [3.63, 3.8) is 0 Å². The van der Waals surface area contributed by atoms with Crippen molar-refractivity contribution in [2.75, 3.05) is 0 Å². The summed E-state index contributed by atoms with van der Waals surface area (Å²) in [6.07, 6.45) is -3.82. The molecule has 0 aromatic carbocycles. The van der Waals surface area contributed by atoms with E-state index < -0.39 is 23.5 Å². The Kier molecular flexibility index (Phi) is 3.91. The molecule has 0 spiro atoms. The minimum absolute atomic E-state index is 0.0544. The average Bonchev–Trinajstić information content (AvgIpc) is 2.14. The maximum atomic E-state index is 12.5. The van der Waals surface area contributed by atoms with E-state index in [1.54, 1.807) is 20.8 Å². The Balaban J connectivity index is 3.05. The Labute approximate surface area is 99.2 Å². The van der Waals surface area contributed by atoms with Crippen LogP contribution in [0.15, 0.2) is 0 Å². The fraction of sp³-hybridized carbons (Fsp3) is 0.917. The fourth-order valence-corrected chi connectivity index (χ4v) is 2.88. The van der Waals surface area contributed by atoms with Crippen molar-refractivity contribution in [3.8, 4) is 0 Å². The molecule has 100 valence electrons. The molecule has 1 fully saturated rings. The molecular formula is C12H19F3O2. The Bertz CT molecular complexity index is 299. The number of aliphatic hydroxyl groups is 1. The lowest BCUT2D eigenvalue weighted by Crippen LogP contribution is -2.56. The number of rotatable bonds is 2. The minimum Gasteiger partial charge on any atom is -0.381 e. The Morgan fingerprint density at radius 3 is 2.29 bits per heavy atom. The highest BCUT2D eigenvalue weighted by atomic mass is 19.4. The number of hydrogen-bond acceptors (Lipinski definition) is 2. The molecule has 1 saturated carbocycles. The maximum absolute atomic E-state index is 12.5. The molecular weight excluding hydrogens is 233 g/mol. The summed E-state index contributed by atoms with van der Waals surface area (Å²) in [6.45, 7) is 5.26. The van der Waals surface area contributed by atoms with Gasteiger partial charge in [-0.1, -0.05) is 27.2 Å². The average molecular weight is 252 g/mol. The first-order chi connectivity index (χ1) is 7.59. The Hall–Kier alpha value is -0.580. The number of Topliss-reactive ketones (excluding diaryl/α,β-unsaturated/α-hetero) is 1. The smallest absolute Gasteiger partial charge is 0.381 e. The molecule has 0 bridgehead atoms. The van der Waals surface area contributed by atoms with E-state index in [1.807, 2.05) is 0 Å². The van der Waals surface area contributed by atoms with Crippen LogP contribution in [-0.2, 0) is 4.79 Å². The molecule has 0 saturated heterocycles. The molecule has 0 aliphatic heterocycles. The first-order valence-electron chi connectivity index (χ1n) is 5.93. The van der Waals surface area contributed by atoms with Crippen molar-refractivity contribution < 1.29 is 23.1 Å². The van der Waals surface area contributed by atoms with Crippen LogP contribution >= 0.6 is 0 Å². The molecule has 0 aromatic heterocycles. The van der Waals surface area contributed by atoms with Gasteiger partial charge in [0.2, 0.25) is 0 Å². The van der Waals surface area contributed by atoms with Gasteiger partial charge >= 0.3 is 6.18 Å². The molecule has 3 atom stereocenters. The second kappa shape index (κ2) is 4.59. The van der Waals surface area contributed by atoms with Gasteiger partial charge in [-0.2, -0.15) is 13.2 Å². The van der Waals surface area contributed by atoms with Crippen LogP contribution in [0.4, 0.5) is 13.2 Å². The first kappa shape index (κ1) is 14.5. The number of halogens is 3. The van der Waals surface area contributed by atoms with Gasteiger partial charge in [-0.3, -0.25) is 4.79 Å². The molecule has 2 nitrogen and oxygen atoms in total. The van der Waals surface area contributed by atoms with Gasteiger partial charge in [-0.15, -0.1) is 0 Å². The highest BCUT2D eigenvalue weighted by molar-refractivity contribution is 5.92. The molecule has 0 radical (unpaired) electrons. The number of ketones is 1. The lowest BCUT2D eigenvalue weighted by atomic mass is 9.65. The molecule has 0 aromatic rings. The summed E-state index contributed by atoms with van der Waals surface area (Å²) < 4.78 is 37.6. The third-order valence-electron chi connectivity index (χ3n) is 3.70. The Morgan fingerprint density at radius 2 is 1.88 bits per heavy atom. The van der Waals surface area contributed by atoms with E-state index in [9.17, 15) is 23.1 Å². The summed E-state index contributed by atoms with van der Waals surface area (Å²) in [6, 6.07) is 0. The van der Waals surface area contributed by atoms with E-state index in [4.69, 9.17) is 0 Å². The van der Waals surface area contributed by atoms with Crippen LogP contribution in [0.3, 0.4) is 0 Å². The van der Waals surface area contributed by atoms with Crippen molar-refractivity contribution in [3.05, 3.63) is 0 Å². The molecule has 1 rings (SSSR count). The molecule has 3 unspecified atom stereocenters. The zero-order valence-corrected chi connectivity index (χ0v) is 10.3. The van der Waals surface area contributed by atoms with Gasteiger partial charge < -0.3 is 5.11 Å². The molecule has 0 amide bonds. The standard InChI is InChI=1S/C12H19F3O2/c1-7(2)9-5-4-8(3)6-11(9,17)10(16)12(13,14)15/h7-9,17H,4-6H2,1-3H3. The normalized spacial score (nSPS) is 35.1. The van der Waals surface area contributed by atoms with Crippen molar-refractivity contribution in [1.29, 1.82) is 0 Å². The molecule has 0 heterocycles. The van der Waals surface area contributed by atoms with Crippen LogP contribution in [0.25, 0.3) is 0 Å². The summed E-state index contributed by atoms with van der Waals surface area (Å²) in [7, 11) is 0. The van der Waals surface area contributed by atoms with Crippen LogP contribution in [0.1, 0.15) is 40.0 Å². The van der Waals surface area contributed by atoms with E-state index in [0.29, 0.717) is 6.42 Å². The third-order valence-corrected chi connectivity index (χ3v) is 3.70. The molecule has 1 aliphatic carbocycles. The quantitative estimate of drug-likeness (QED) is 0.820. The summed E-state index contributed by atoms with van der Waals surface area (Å²) in [4.78, 5) is 11.4. The van der Waals surface area contributed by atoms with Crippen molar-refractivity contribution >= 4 is 5.78 Å². The Morgan fingerprint density at radius 1 is 1.35 bits per heavy atom. The second-order valence-corrected chi connectivity index (χ2v) is 5.49.